The summed E-state index contributed by atoms with van der Waals surface area (Å²) in [7, 11) is -18.2. The summed E-state index contributed by atoms with van der Waals surface area (Å²) in [4.78, 5) is 58.5. The van der Waals surface area contributed by atoms with Crippen LogP contribution in [0.2, 0.25) is 0 Å². The SMILES string of the molecule is Nc1nc(=O)n(C2OC(COP(=O)([O-])OP(=O)([O-])OP(=O)([O-])[O-])C(O)C2O)cc1CO. The Balaban J connectivity index is 2.11. The molecule has 0 bridgehead atoms. The Bertz CT molecular complexity index is 1010. The van der Waals surface area contributed by atoms with Crippen LogP contribution < -0.4 is 31.0 Å². The summed E-state index contributed by atoms with van der Waals surface area (Å²) in [5, 5.41) is 29.2. The van der Waals surface area contributed by atoms with Crippen LogP contribution in [0.3, 0.4) is 0 Å². The smallest absolute Gasteiger partial charge is 0.351 e. The Labute approximate surface area is 171 Å². The fourth-order valence-corrected chi connectivity index (χ4v) is 5.24. The van der Waals surface area contributed by atoms with Gasteiger partial charge in [0.1, 0.15) is 24.1 Å². The third-order valence-electron chi connectivity index (χ3n) is 3.64. The summed E-state index contributed by atoms with van der Waals surface area (Å²) in [5.41, 5.74) is 4.32. The lowest BCUT2D eigenvalue weighted by atomic mass is 10.1. The summed E-state index contributed by atoms with van der Waals surface area (Å²) >= 11 is 0. The maximum absolute atomic E-state index is 12.0. The number of nitrogens with zero attached hydrogens (tertiary/aromatic N) is 2. The molecule has 0 aliphatic carbocycles. The molecule has 2 heterocycles. The van der Waals surface area contributed by atoms with Gasteiger partial charge in [0.25, 0.3) is 15.6 Å². The first kappa shape index (κ1) is 26.2. The van der Waals surface area contributed by atoms with Crippen molar-refractivity contribution in [3.63, 3.8) is 0 Å². The second-order valence-electron chi connectivity index (χ2n) is 5.85. The van der Waals surface area contributed by atoms with E-state index in [4.69, 9.17) is 10.5 Å². The topological polar surface area (TPSA) is 302 Å². The molecule has 21 heteroatoms. The van der Waals surface area contributed by atoms with Crippen molar-refractivity contribution in [1.82, 2.24) is 9.55 Å². The van der Waals surface area contributed by atoms with Crippen molar-refractivity contribution in [3.05, 3.63) is 22.2 Å². The lowest BCUT2D eigenvalue weighted by Crippen LogP contribution is -2.36. The van der Waals surface area contributed by atoms with E-state index in [0.717, 1.165) is 6.20 Å². The fourth-order valence-electron chi connectivity index (χ4n) is 2.37. The zero-order chi connectivity index (χ0) is 23.8. The highest BCUT2D eigenvalue weighted by molar-refractivity contribution is 7.64. The predicted molar refractivity (Wildman–Crippen MR) is 85.7 cm³/mol. The Morgan fingerprint density at radius 1 is 1.13 bits per heavy atom. The first-order valence-corrected chi connectivity index (χ1v) is 12.1. The number of hydrogen-bond donors (Lipinski definition) is 4. The van der Waals surface area contributed by atoms with Gasteiger partial charge >= 0.3 is 5.69 Å². The number of hydrogen-bond acceptors (Lipinski definition) is 17. The number of rotatable bonds is 9. The third-order valence-corrected chi connectivity index (χ3v) is 7.30. The molecule has 1 aliphatic heterocycles. The Kier molecular flexibility index (Phi) is 7.96. The van der Waals surface area contributed by atoms with Crippen molar-refractivity contribution in [2.45, 2.75) is 31.1 Å². The summed E-state index contributed by atoms with van der Waals surface area (Å²) < 4.78 is 49.2. The van der Waals surface area contributed by atoms with Crippen LogP contribution in [-0.2, 0) is 38.2 Å². The predicted octanol–water partition coefficient (Wildman–Crippen LogP) is -5.25. The van der Waals surface area contributed by atoms with Gasteiger partial charge in [-0.15, -0.1) is 0 Å². The molecule has 0 radical (unpaired) electrons. The number of phosphoric ester groups is 1. The molecule has 0 aromatic carbocycles. The molecule has 0 saturated carbocycles. The van der Waals surface area contributed by atoms with E-state index in [9.17, 15) is 53.4 Å². The first-order chi connectivity index (χ1) is 14.1. The maximum Gasteiger partial charge on any atom is 0.351 e. The van der Waals surface area contributed by atoms with Gasteiger partial charge < -0.3 is 54.5 Å². The van der Waals surface area contributed by atoms with E-state index in [2.05, 4.69) is 18.1 Å². The van der Waals surface area contributed by atoms with Crippen molar-refractivity contribution < 1.29 is 66.5 Å². The average Bonchev–Trinajstić information content (AvgIpc) is 2.85. The third kappa shape index (κ3) is 6.95. The normalized spacial score (nSPS) is 28.2. The van der Waals surface area contributed by atoms with Gasteiger partial charge in [-0.2, -0.15) is 4.98 Å². The zero-order valence-electron chi connectivity index (χ0n) is 14.9. The Hall–Kier alpha value is -1.07. The Morgan fingerprint density at radius 3 is 2.29 bits per heavy atom. The second-order valence-corrected chi connectivity index (χ2v) is 10.1. The number of aliphatic hydroxyl groups excluding tert-OH is 3. The van der Waals surface area contributed by atoms with Gasteiger partial charge in [-0.05, 0) is 0 Å². The zero-order valence-corrected chi connectivity index (χ0v) is 17.5. The standard InChI is InChI=1S/C10H18N3O15P3/c11-8-4(2-14)1-13(10(17)12-8)9-7(16)6(15)5(26-9)3-25-30(21,22)28-31(23,24)27-29(18,19)20/h1,5-7,9,14-16H,2-3H2,(H,21,22)(H,23,24)(H2,11,12,17)(H2,18,19,20)/p-4. The molecule has 1 aromatic rings. The van der Waals surface area contributed by atoms with Crippen LogP contribution in [0.1, 0.15) is 11.8 Å². The van der Waals surface area contributed by atoms with Gasteiger partial charge in [0, 0.05) is 11.8 Å². The lowest BCUT2D eigenvalue weighted by Gasteiger charge is -2.37. The van der Waals surface area contributed by atoms with Crippen molar-refractivity contribution in [2.75, 3.05) is 12.3 Å². The van der Waals surface area contributed by atoms with Crippen LogP contribution in [0, 0.1) is 0 Å². The molecular weight excluding hydrogens is 495 g/mol. The van der Waals surface area contributed by atoms with E-state index in [1.165, 1.54) is 0 Å². The molecule has 6 unspecified atom stereocenters. The molecule has 18 nitrogen and oxygen atoms in total. The van der Waals surface area contributed by atoms with Crippen molar-refractivity contribution in [2.24, 2.45) is 0 Å². The van der Waals surface area contributed by atoms with Crippen LogP contribution in [0.4, 0.5) is 5.82 Å². The second kappa shape index (κ2) is 9.43. The summed E-state index contributed by atoms with van der Waals surface area (Å²) in [6, 6.07) is 0. The number of aromatic nitrogens is 2. The molecule has 178 valence electrons. The van der Waals surface area contributed by atoms with Gasteiger partial charge in [-0.1, -0.05) is 0 Å². The van der Waals surface area contributed by atoms with Gasteiger partial charge in [0.2, 0.25) is 0 Å². The number of nitrogen functional groups attached to an aromatic ring is 1. The molecule has 0 amide bonds. The van der Waals surface area contributed by atoms with Crippen molar-refractivity contribution >= 4 is 29.3 Å². The first-order valence-electron chi connectivity index (χ1n) is 7.76. The summed E-state index contributed by atoms with van der Waals surface area (Å²) in [6.07, 6.45) is -6.11. The van der Waals surface area contributed by atoms with Crippen molar-refractivity contribution in [3.8, 4) is 0 Å². The minimum Gasteiger partial charge on any atom is -0.790 e. The number of ether oxygens (including phenoxy) is 1. The number of nitrogens with two attached hydrogens (primary N) is 1. The van der Waals surface area contributed by atoms with Crippen molar-refractivity contribution in [1.29, 1.82) is 0 Å². The number of anilines is 1. The minimum absolute atomic E-state index is 0.0396. The van der Waals surface area contributed by atoms with E-state index >= 15 is 0 Å². The molecule has 1 fully saturated rings. The van der Waals surface area contributed by atoms with Crippen LogP contribution in [-0.4, -0.2) is 49.8 Å². The monoisotopic (exact) mass is 509 g/mol. The number of phosphoric acid groups is 3. The Morgan fingerprint density at radius 2 is 1.74 bits per heavy atom. The van der Waals surface area contributed by atoms with Gasteiger partial charge in [-0.25, -0.2) is 9.11 Å². The largest absolute Gasteiger partial charge is 0.790 e. The quantitative estimate of drug-likeness (QED) is 0.226. The van der Waals surface area contributed by atoms with Crippen LogP contribution in [0.15, 0.2) is 11.0 Å². The van der Waals surface area contributed by atoms with Gasteiger partial charge in [0.05, 0.1) is 21.0 Å². The highest BCUT2D eigenvalue weighted by atomic mass is 31.3. The average molecular weight is 509 g/mol. The van der Waals surface area contributed by atoms with E-state index in [-0.39, 0.29) is 11.4 Å². The van der Waals surface area contributed by atoms with E-state index in [1.54, 1.807) is 0 Å². The van der Waals surface area contributed by atoms with Crippen LogP contribution in [0.5, 0.6) is 0 Å². The lowest BCUT2D eigenvalue weighted by molar-refractivity contribution is -0.339. The number of aliphatic hydroxyl groups is 3. The van der Waals surface area contributed by atoms with Crippen LogP contribution in [0.25, 0.3) is 0 Å². The van der Waals surface area contributed by atoms with Gasteiger partial charge in [-0.3, -0.25) is 18.0 Å². The fraction of sp³-hybridized carbons (Fsp3) is 0.600. The summed E-state index contributed by atoms with van der Waals surface area (Å²) in [6.45, 7) is -1.84. The molecule has 31 heavy (non-hydrogen) atoms. The molecule has 0 spiro atoms. The maximum atomic E-state index is 12.0. The van der Waals surface area contributed by atoms with E-state index < -0.39 is 66.9 Å². The molecule has 6 atom stereocenters. The molecule has 2 rings (SSSR count). The molecule has 1 aromatic heterocycles. The highest BCUT2D eigenvalue weighted by Gasteiger charge is 2.45. The van der Waals surface area contributed by atoms with Crippen LogP contribution >= 0.6 is 23.5 Å². The minimum atomic E-state index is -6.19. The highest BCUT2D eigenvalue weighted by Crippen LogP contribution is 2.60. The van der Waals surface area contributed by atoms with E-state index in [0.29, 0.717) is 4.57 Å². The summed E-state index contributed by atoms with van der Waals surface area (Å²) in [5.74, 6) is -0.314. The van der Waals surface area contributed by atoms with E-state index in [1.807, 2.05) is 0 Å². The molecule has 1 saturated heterocycles. The molecular formula is C10H14N3O15P3-4. The molecule has 1 aliphatic rings. The molecule has 5 N–H and O–H groups in total. The van der Waals surface area contributed by atoms with Gasteiger partial charge in [0.15, 0.2) is 6.23 Å².